The van der Waals surface area contributed by atoms with Crippen LogP contribution >= 0.6 is 11.8 Å². The number of para-hydroxylation sites is 1. The van der Waals surface area contributed by atoms with E-state index in [1.54, 1.807) is 16.7 Å². The normalized spacial score (nSPS) is 15.6. The van der Waals surface area contributed by atoms with Gasteiger partial charge >= 0.3 is 0 Å². The Kier molecular flexibility index (Phi) is 5.43. The number of rotatable bonds is 4. The molecule has 2 aromatic rings. The molecule has 1 amide bonds. The van der Waals surface area contributed by atoms with E-state index in [4.69, 9.17) is 4.74 Å². The number of ether oxygens (including phenoxy) is 1. The van der Waals surface area contributed by atoms with Crippen molar-refractivity contribution in [3.63, 3.8) is 0 Å². The van der Waals surface area contributed by atoms with E-state index in [2.05, 4.69) is 11.1 Å². The molecule has 1 fully saturated rings. The monoisotopic (exact) mass is 354 g/mol. The number of amides is 1. The first kappa shape index (κ1) is 17.5. The minimum absolute atomic E-state index is 0.0251. The van der Waals surface area contributed by atoms with Gasteiger partial charge in [0, 0.05) is 12.3 Å². The summed E-state index contributed by atoms with van der Waals surface area (Å²) in [5, 5.41) is 0.753. The summed E-state index contributed by atoms with van der Waals surface area (Å²) in [7, 11) is 0. The van der Waals surface area contributed by atoms with Gasteiger partial charge in [0.2, 0.25) is 0 Å². The molecule has 0 unspecified atom stereocenters. The molecular weight excluding hydrogens is 332 g/mol. The molecule has 0 saturated carbocycles. The van der Waals surface area contributed by atoms with E-state index in [1.165, 1.54) is 5.56 Å². The fourth-order valence-corrected chi connectivity index (χ4v) is 3.66. The predicted octanol–water partition coefficient (Wildman–Crippen LogP) is 4.25. The fourth-order valence-electron chi connectivity index (χ4n) is 2.70. The maximum absolute atomic E-state index is 12.6. The van der Waals surface area contributed by atoms with Crippen molar-refractivity contribution in [3.05, 3.63) is 59.2 Å². The van der Waals surface area contributed by atoms with Crippen LogP contribution in [0.4, 0.5) is 5.69 Å². The Morgan fingerprint density at radius 3 is 2.72 bits per heavy atom. The molecule has 1 heterocycles. The van der Waals surface area contributed by atoms with E-state index in [9.17, 15) is 4.79 Å². The van der Waals surface area contributed by atoms with Crippen LogP contribution in [0, 0.1) is 20.8 Å². The van der Waals surface area contributed by atoms with Gasteiger partial charge in [-0.3, -0.25) is 9.69 Å². The van der Waals surface area contributed by atoms with E-state index in [0.29, 0.717) is 6.54 Å². The fraction of sp³-hybridized carbons (Fsp3) is 0.300. The second kappa shape index (κ2) is 7.74. The minimum Gasteiger partial charge on any atom is -0.483 e. The highest BCUT2D eigenvalue weighted by Gasteiger charge is 2.26. The van der Waals surface area contributed by atoms with Crippen molar-refractivity contribution in [2.45, 2.75) is 20.8 Å². The third-order valence-corrected chi connectivity index (χ3v) is 5.05. The quantitative estimate of drug-likeness (QED) is 0.824. The van der Waals surface area contributed by atoms with E-state index < -0.39 is 0 Å². The number of thioether (sulfide) groups is 1. The molecule has 1 saturated heterocycles. The van der Waals surface area contributed by atoms with E-state index in [0.717, 1.165) is 33.5 Å². The third-order valence-electron chi connectivity index (χ3n) is 4.09. The Morgan fingerprint density at radius 1 is 1.16 bits per heavy atom. The second-order valence-corrected chi connectivity index (χ2v) is 7.19. The van der Waals surface area contributed by atoms with Crippen molar-refractivity contribution < 1.29 is 9.53 Å². The van der Waals surface area contributed by atoms with Crippen molar-refractivity contribution >= 4 is 28.5 Å². The summed E-state index contributed by atoms with van der Waals surface area (Å²) in [6, 6.07) is 13.9. The summed E-state index contributed by atoms with van der Waals surface area (Å²) in [6.07, 6.45) is 0. The summed E-state index contributed by atoms with van der Waals surface area (Å²) in [5.41, 5.74) is 4.22. The SMILES string of the molecule is Cc1ccc(OCC(=O)N2CCSC2=Nc2ccccc2C)c(C)c1. The van der Waals surface area contributed by atoms with Gasteiger partial charge in [-0.05, 0) is 44.0 Å². The molecule has 130 valence electrons. The summed E-state index contributed by atoms with van der Waals surface area (Å²) >= 11 is 1.61. The van der Waals surface area contributed by atoms with Crippen LogP contribution in [0.1, 0.15) is 16.7 Å². The largest absolute Gasteiger partial charge is 0.483 e. The van der Waals surface area contributed by atoms with Crippen molar-refractivity contribution in [2.75, 3.05) is 18.9 Å². The topological polar surface area (TPSA) is 41.9 Å². The first-order valence-electron chi connectivity index (χ1n) is 8.32. The molecule has 4 nitrogen and oxygen atoms in total. The molecule has 0 aliphatic carbocycles. The maximum atomic E-state index is 12.6. The molecule has 0 aromatic heterocycles. The Labute approximate surface area is 152 Å². The lowest BCUT2D eigenvalue weighted by Crippen LogP contribution is -2.35. The average molecular weight is 354 g/mol. The number of hydrogen-bond acceptors (Lipinski definition) is 4. The molecular formula is C20H22N2O2S. The number of carbonyl (C=O) groups is 1. The zero-order valence-corrected chi connectivity index (χ0v) is 15.6. The van der Waals surface area contributed by atoms with Gasteiger partial charge in [0.1, 0.15) is 5.75 Å². The first-order chi connectivity index (χ1) is 12.0. The van der Waals surface area contributed by atoms with Crippen LogP contribution in [-0.2, 0) is 4.79 Å². The Hall–Kier alpha value is -2.27. The molecule has 0 N–H and O–H groups in total. The lowest BCUT2D eigenvalue weighted by molar-refractivity contribution is -0.129. The number of benzene rings is 2. The lowest BCUT2D eigenvalue weighted by Gasteiger charge is -2.17. The van der Waals surface area contributed by atoms with Gasteiger partial charge in [0.25, 0.3) is 5.91 Å². The molecule has 0 spiro atoms. The van der Waals surface area contributed by atoms with Crippen molar-refractivity contribution in [1.82, 2.24) is 4.90 Å². The van der Waals surface area contributed by atoms with Gasteiger partial charge in [-0.25, -0.2) is 4.99 Å². The van der Waals surface area contributed by atoms with Gasteiger partial charge in [-0.1, -0.05) is 47.7 Å². The first-order valence-corrected chi connectivity index (χ1v) is 9.30. The van der Waals surface area contributed by atoms with Crippen molar-refractivity contribution in [3.8, 4) is 5.75 Å². The third kappa shape index (κ3) is 4.23. The Bertz CT molecular complexity index is 817. The van der Waals surface area contributed by atoms with Gasteiger partial charge in [-0.2, -0.15) is 0 Å². The van der Waals surface area contributed by atoms with Crippen LogP contribution < -0.4 is 4.74 Å². The lowest BCUT2D eigenvalue weighted by atomic mass is 10.1. The summed E-state index contributed by atoms with van der Waals surface area (Å²) in [6.45, 7) is 6.75. The predicted molar refractivity (Wildman–Crippen MR) is 104 cm³/mol. The number of hydrogen-bond donors (Lipinski definition) is 0. The van der Waals surface area contributed by atoms with Crippen LogP contribution in [0.15, 0.2) is 47.5 Å². The summed E-state index contributed by atoms with van der Waals surface area (Å²) < 4.78 is 5.73. The van der Waals surface area contributed by atoms with Crippen molar-refractivity contribution in [2.24, 2.45) is 4.99 Å². The smallest absolute Gasteiger partial charge is 0.266 e. The molecule has 0 bridgehead atoms. The second-order valence-electron chi connectivity index (χ2n) is 6.13. The van der Waals surface area contributed by atoms with Gasteiger partial charge < -0.3 is 4.74 Å². The van der Waals surface area contributed by atoms with E-state index >= 15 is 0 Å². The molecule has 25 heavy (non-hydrogen) atoms. The highest BCUT2D eigenvalue weighted by molar-refractivity contribution is 8.14. The van der Waals surface area contributed by atoms with Gasteiger partial charge in [0.05, 0.1) is 5.69 Å². The van der Waals surface area contributed by atoms with Crippen LogP contribution in [0.2, 0.25) is 0 Å². The van der Waals surface area contributed by atoms with Crippen LogP contribution in [0.5, 0.6) is 5.75 Å². The minimum atomic E-state index is -0.0580. The van der Waals surface area contributed by atoms with E-state index in [1.807, 2.05) is 57.2 Å². The number of amidine groups is 1. The molecule has 0 radical (unpaired) electrons. The number of carbonyl (C=O) groups excluding carboxylic acids is 1. The zero-order valence-electron chi connectivity index (χ0n) is 14.8. The summed E-state index contributed by atoms with van der Waals surface area (Å²) in [4.78, 5) is 19.0. The molecule has 1 aliphatic heterocycles. The highest BCUT2D eigenvalue weighted by atomic mass is 32.2. The number of nitrogens with zero attached hydrogens (tertiary/aromatic N) is 2. The molecule has 3 rings (SSSR count). The average Bonchev–Trinajstić information content (AvgIpc) is 3.04. The maximum Gasteiger partial charge on any atom is 0.266 e. The van der Waals surface area contributed by atoms with Crippen LogP contribution in [0.3, 0.4) is 0 Å². The zero-order chi connectivity index (χ0) is 17.8. The van der Waals surface area contributed by atoms with Gasteiger partial charge in [0.15, 0.2) is 11.8 Å². The van der Waals surface area contributed by atoms with Crippen LogP contribution in [0.25, 0.3) is 0 Å². The van der Waals surface area contributed by atoms with Gasteiger partial charge in [-0.15, -0.1) is 0 Å². The summed E-state index contributed by atoms with van der Waals surface area (Å²) in [5.74, 6) is 1.56. The molecule has 2 aromatic carbocycles. The van der Waals surface area contributed by atoms with E-state index in [-0.39, 0.29) is 12.5 Å². The highest BCUT2D eigenvalue weighted by Crippen LogP contribution is 2.25. The Balaban J connectivity index is 1.69. The van der Waals surface area contributed by atoms with Crippen molar-refractivity contribution in [1.29, 1.82) is 0 Å². The molecule has 1 aliphatic rings. The Morgan fingerprint density at radius 2 is 1.96 bits per heavy atom. The number of aliphatic imine (C=N–C) groups is 1. The number of aryl methyl sites for hydroxylation is 3. The standard InChI is InChI=1S/C20H22N2O2S/c1-14-8-9-18(16(3)12-14)24-13-19(23)22-10-11-25-20(22)21-17-7-5-4-6-15(17)2/h4-9,12H,10-11,13H2,1-3H3. The van der Waals surface area contributed by atoms with Crippen LogP contribution in [-0.4, -0.2) is 34.9 Å². The molecule has 0 atom stereocenters. The molecule has 5 heteroatoms.